The van der Waals surface area contributed by atoms with Crippen LogP contribution in [0, 0.1) is 5.92 Å². The molecule has 0 aliphatic heterocycles. The van der Waals surface area contributed by atoms with Crippen molar-refractivity contribution >= 4 is 18.0 Å². The van der Waals surface area contributed by atoms with Crippen molar-refractivity contribution in [1.82, 2.24) is 9.88 Å². The summed E-state index contributed by atoms with van der Waals surface area (Å²) in [7, 11) is 1.79. The van der Waals surface area contributed by atoms with Crippen LogP contribution in [0.5, 0.6) is 0 Å². The number of carbonyl (C=O) groups excluding carboxylic acids is 1. The Labute approximate surface area is 117 Å². The molecule has 5 nitrogen and oxygen atoms in total. The number of amides is 1. The number of aliphatic carboxylic acids is 1. The maximum Gasteiger partial charge on any atom is 0.328 e. The van der Waals surface area contributed by atoms with E-state index < -0.39 is 5.97 Å². The number of pyridine rings is 1. The van der Waals surface area contributed by atoms with E-state index >= 15 is 0 Å². The SMILES string of the molecule is CN(CC1CCC1)C(=O)c1cncc(C=CC(=O)O)c1. The summed E-state index contributed by atoms with van der Waals surface area (Å²) < 4.78 is 0. The topological polar surface area (TPSA) is 70.5 Å². The average molecular weight is 274 g/mol. The quantitative estimate of drug-likeness (QED) is 0.834. The van der Waals surface area contributed by atoms with Crippen LogP contribution < -0.4 is 0 Å². The first-order chi connectivity index (χ1) is 9.56. The molecule has 0 atom stereocenters. The number of aromatic nitrogens is 1. The molecule has 1 N–H and O–H groups in total. The number of carboxylic acid groups (broad SMARTS) is 1. The summed E-state index contributed by atoms with van der Waals surface area (Å²) in [5.74, 6) is -0.481. The molecule has 1 amide bonds. The predicted octanol–water partition coefficient (Wildman–Crippen LogP) is 2.05. The Bertz CT molecular complexity index is 536. The summed E-state index contributed by atoms with van der Waals surface area (Å²) in [6, 6.07) is 1.66. The zero-order valence-corrected chi connectivity index (χ0v) is 11.5. The number of hydrogen-bond donors (Lipinski definition) is 1. The molecule has 106 valence electrons. The minimum atomic E-state index is -1.02. The van der Waals surface area contributed by atoms with Crippen LogP contribution in [0.25, 0.3) is 6.08 Å². The van der Waals surface area contributed by atoms with E-state index in [4.69, 9.17) is 5.11 Å². The maximum absolute atomic E-state index is 12.3. The molecule has 0 aromatic carbocycles. The van der Waals surface area contributed by atoms with E-state index in [1.54, 1.807) is 18.0 Å². The number of carboxylic acids is 1. The van der Waals surface area contributed by atoms with Gasteiger partial charge in [-0.1, -0.05) is 6.42 Å². The molecule has 1 aromatic heterocycles. The first kappa shape index (κ1) is 14.2. The van der Waals surface area contributed by atoms with Crippen LogP contribution in [-0.2, 0) is 4.79 Å². The lowest BCUT2D eigenvalue weighted by Crippen LogP contribution is -2.34. The van der Waals surface area contributed by atoms with Crippen LogP contribution in [0.15, 0.2) is 24.5 Å². The van der Waals surface area contributed by atoms with Crippen molar-refractivity contribution in [2.24, 2.45) is 5.92 Å². The molecule has 1 aliphatic rings. The van der Waals surface area contributed by atoms with Gasteiger partial charge in [-0.05, 0) is 36.5 Å². The lowest BCUT2D eigenvalue weighted by Gasteiger charge is -2.30. The first-order valence-electron chi connectivity index (χ1n) is 6.68. The van der Waals surface area contributed by atoms with Crippen molar-refractivity contribution in [3.8, 4) is 0 Å². The Morgan fingerprint density at radius 2 is 2.20 bits per heavy atom. The van der Waals surface area contributed by atoms with E-state index in [0.717, 1.165) is 12.6 Å². The highest BCUT2D eigenvalue weighted by Crippen LogP contribution is 2.27. The second kappa shape index (κ2) is 6.32. The lowest BCUT2D eigenvalue weighted by molar-refractivity contribution is -0.131. The van der Waals surface area contributed by atoms with Crippen LogP contribution in [0.4, 0.5) is 0 Å². The number of carbonyl (C=O) groups is 2. The fourth-order valence-electron chi connectivity index (χ4n) is 2.20. The molecule has 0 saturated heterocycles. The highest BCUT2D eigenvalue weighted by molar-refractivity contribution is 5.94. The first-order valence-corrected chi connectivity index (χ1v) is 6.68. The van der Waals surface area contributed by atoms with Gasteiger partial charge in [0.15, 0.2) is 0 Å². The molecule has 1 aliphatic carbocycles. The van der Waals surface area contributed by atoms with Crippen LogP contribution in [0.1, 0.15) is 35.2 Å². The zero-order valence-electron chi connectivity index (χ0n) is 11.5. The van der Waals surface area contributed by atoms with E-state index in [2.05, 4.69) is 4.98 Å². The Balaban J connectivity index is 2.05. The van der Waals surface area contributed by atoms with Gasteiger partial charge in [0.05, 0.1) is 5.56 Å². The summed E-state index contributed by atoms with van der Waals surface area (Å²) in [4.78, 5) is 28.4. The molecule has 1 heterocycles. The highest BCUT2D eigenvalue weighted by atomic mass is 16.4. The lowest BCUT2D eigenvalue weighted by atomic mass is 9.85. The molecule has 0 radical (unpaired) electrons. The van der Waals surface area contributed by atoms with Gasteiger partial charge in [-0.15, -0.1) is 0 Å². The van der Waals surface area contributed by atoms with Crippen LogP contribution in [-0.4, -0.2) is 40.5 Å². The van der Waals surface area contributed by atoms with Gasteiger partial charge in [0, 0.05) is 32.1 Å². The van der Waals surface area contributed by atoms with Crippen LogP contribution >= 0.6 is 0 Å². The van der Waals surface area contributed by atoms with Crippen molar-refractivity contribution in [2.75, 3.05) is 13.6 Å². The third-order valence-corrected chi connectivity index (χ3v) is 3.53. The normalized spacial score (nSPS) is 15.1. The summed E-state index contributed by atoms with van der Waals surface area (Å²) in [6.45, 7) is 0.772. The van der Waals surface area contributed by atoms with E-state index in [9.17, 15) is 9.59 Å². The standard InChI is InChI=1S/C15H18N2O3/c1-17(10-11-3-2-4-11)15(20)13-7-12(8-16-9-13)5-6-14(18)19/h5-9,11H,2-4,10H2,1H3,(H,18,19). The Morgan fingerprint density at radius 1 is 1.45 bits per heavy atom. The second-order valence-electron chi connectivity index (χ2n) is 5.16. The molecule has 1 aromatic rings. The smallest absolute Gasteiger partial charge is 0.328 e. The van der Waals surface area contributed by atoms with Gasteiger partial charge < -0.3 is 10.0 Å². The molecular formula is C15H18N2O3. The Kier molecular flexibility index (Phi) is 4.50. The molecule has 5 heteroatoms. The van der Waals surface area contributed by atoms with E-state index in [1.807, 2.05) is 0 Å². The third-order valence-electron chi connectivity index (χ3n) is 3.53. The van der Waals surface area contributed by atoms with Gasteiger partial charge in [0.25, 0.3) is 5.91 Å². The predicted molar refractivity (Wildman–Crippen MR) is 75.2 cm³/mol. The second-order valence-corrected chi connectivity index (χ2v) is 5.16. The van der Waals surface area contributed by atoms with Crippen molar-refractivity contribution in [3.63, 3.8) is 0 Å². The van der Waals surface area contributed by atoms with Gasteiger partial charge in [0.2, 0.25) is 0 Å². The molecule has 0 bridgehead atoms. The molecular weight excluding hydrogens is 256 g/mol. The molecule has 1 saturated carbocycles. The highest BCUT2D eigenvalue weighted by Gasteiger charge is 2.22. The maximum atomic E-state index is 12.3. The Hall–Kier alpha value is -2.17. The van der Waals surface area contributed by atoms with Gasteiger partial charge in [-0.3, -0.25) is 9.78 Å². The molecule has 0 unspecified atom stereocenters. The fraction of sp³-hybridized carbons (Fsp3) is 0.400. The third kappa shape index (κ3) is 3.66. The van der Waals surface area contributed by atoms with Crippen LogP contribution in [0.3, 0.4) is 0 Å². The van der Waals surface area contributed by atoms with Crippen LogP contribution in [0.2, 0.25) is 0 Å². The number of hydrogen-bond acceptors (Lipinski definition) is 3. The summed E-state index contributed by atoms with van der Waals surface area (Å²) in [6.07, 6.45) is 9.14. The monoisotopic (exact) mass is 274 g/mol. The molecule has 0 spiro atoms. The van der Waals surface area contributed by atoms with Crippen molar-refractivity contribution < 1.29 is 14.7 Å². The summed E-state index contributed by atoms with van der Waals surface area (Å²) in [5, 5.41) is 8.59. The van der Waals surface area contributed by atoms with E-state index in [-0.39, 0.29) is 5.91 Å². The minimum Gasteiger partial charge on any atom is -0.478 e. The van der Waals surface area contributed by atoms with Gasteiger partial charge >= 0.3 is 5.97 Å². The zero-order chi connectivity index (χ0) is 14.5. The molecule has 20 heavy (non-hydrogen) atoms. The van der Waals surface area contributed by atoms with Crippen molar-refractivity contribution in [2.45, 2.75) is 19.3 Å². The van der Waals surface area contributed by atoms with Crippen molar-refractivity contribution in [1.29, 1.82) is 0 Å². The number of rotatable bonds is 5. The molecule has 2 rings (SSSR count). The van der Waals surface area contributed by atoms with Gasteiger partial charge in [0.1, 0.15) is 0 Å². The van der Waals surface area contributed by atoms with Gasteiger partial charge in [-0.2, -0.15) is 0 Å². The van der Waals surface area contributed by atoms with Gasteiger partial charge in [-0.25, -0.2) is 4.79 Å². The Morgan fingerprint density at radius 3 is 2.80 bits per heavy atom. The fourth-order valence-corrected chi connectivity index (χ4v) is 2.20. The van der Waals surface area contributed by atoms with E-state index in [1.165, 1.54) is 37.7 Å². The van der Waals surface area contributed by atoms with E-state index in [0.29, 0.717) is 17.0 Å². The van der Waals surface area contributed by atoms with Crippen molar-refractivity contribution in [3.05, 3.63) is 35.7 Å². The largest absolute Gasteiger partial charge is 0.478 e. The average Bonchev–Trinajstić information content (AvgIpc) is 2.39. The number of nitrogens with zero attached hydrogens (tertiary/aromatic N) is 2. The summed E-state index contributed by atoms with van der Waals surface area (Å²) in [5.41, 5.74) is 1.09. The summed E-state index contributed by atoms with van der Waals surface area (Å²) >= 11 is 0. The minimum absolute atomic E-state index is 0.0741. The molecule has 1 fully saturated rings.